The van der Waals surface area contributed by atoms with E-state index in [1.807, 2.05) is 12.1 Å². The SMILES string of the molecule is Cc1cccc(O[C@@H]2CCC[C@H](C(C)CNC(=O)c3ccncc3)C2)c1. The van der Waals surface area contributed by atoms with Crippen molar-refractivity contribution in [2.75, 3.05) is 6.54 Å². The Kier molecular flexibility index (Phi) is 6.26. The molecule has 1 aromatic carbocycles. The van der Waals surface area contributed by atoms with E-state index in [2.05, 4.69) is 36.3 Å². The van der Waals surface area contributed by atoms with Crippen molar-refractivity contribution in [2.24, 2.45) is 11.8 Å². The van der Waals surface area contributed by atoms with Crippen LogP contribution in [0.15, 0.2) is 48.8 Å². The van der Waals surface area contributed by atoms with Gasteiger partial charge in [-0.05, 0) is 74.3 Å². The molecule has 4 heteroatoms. The Labute approximate surface area is 156 Å². The lowest BCUT2D eigenvalue weighted by molar-refractivity contribution is 0.0896. The highest BCUT2D eigenvalue weighted by Crippen LogP contribution is 2.32. The minimum absolute atomic E-state index is 0.0254. The number of aromatic nitrogens is 1. The van der Waals surface area contributed by atoms with Crippen LogP contribution in [0.25, 0.3) is 0 Å². The number of amides is 1. The number of carbonyl (C=O) groups excluding carboxylic acids is 1. The van der Waals surface area contributed by atoms with Gasteiger partial charge in [-0.25, -0.2) is 0 Å². The average molecular weight is 352 g/mol. The van der Waals surface area contributed by atoms with Crippen molar-refractivity contribution in [1.29, 1.82) is 0 Å². The first-order valence-electron chi connectivity index (χ1n) is 9.53. The molecule has 0 aliphatic heterocycles. The Morgan fingerprint density at radius 3 is 2.85 bits per heavy atom. The number of pyridine rings is 1. The van der Waals surface area contributed by atoms with E-state index in [1.165, 1.54) is 18.4 Å². The average Bonchev–Trinajstić information content (AvgIpc) is 2.67. The summed E-state index contributed by atoms with van der Waals surface area (Å²) in [6.07, 6.45) is 8.12. The zero-order valence-corrected chi connectivity index (χ0v) is 15.7. The maximum atomic E-state index is 12.2. The Balaban J connectivity index is 1.49. The van der Waals surface area contributed by atoms with Crippen LogP contribution in [0, 0.1) is 18.8 Å². The lowest BCUT2D eigenvalue weighted by Gasteiger charge is -2.33. The molecule has 3 atom stereocenters. The molecule has 1 saturated carbocycles. The van der Waals surface area contributed by atoms with Gasteiger partial charge in [-0.3, -0.25) is 9.78 Å². The van der Waals surface area contributed by atoms with Crippen LogP contribution in [0.2, 0.25) is 0 Å². The molecule has 1 aliphatic carbocycles. The van der Waals surface area contributed by atoms with Crippen LogP contribution >= 0.6 is 0 Å². The first kappa shape index (κ1) is 18.4. The van der Waals surface area contributed by atoms with Gasteiger partial charge in [-0.1, -0.05) is 19.1 Å². The molecule has 0 saturated heterocycles. The Morgan fingerprint density at radius 1 is 1.27 bits per heavy atom. The number of nitrogens with zero attached hydrogens (tertiary/aromatic N) is 1. The van der Waals surface area contributed by atoms with E-state index in [0.717, 1.165) is 18.6 Å². The number of carbonyl (C=O) groups is 1. The summed E-state index contributed by atoms with van der Waals surface area (Å²) in [5.74, 6) is 1.96. The number of nitrogens with one attached hydrogen (secondary N) is 1. The largest absolute Gasteiger partial charge is 0.490 e. The van der Waals surface area contributed by atoms with Gasteiger partial charge < -0.3 is 10.1 Å². The minimum Gasteiger partial charge on any atom is -0.490 e. The number of rotatable bonds is 6. The predicted octanol–water partition coefficient (Wildman–Crippen LogP) is 4.39. The van der Waals surface area contributed by atoms with Crippen molar-refractivity contribution in [2.45, 2.75) is 45.6 Å². The zero-order valence-electron chi connectivity index (χ0n) is 15.7. The fraction of sp³-hybridized carbons (Fsp3) is 0.455. The molecule has 1 amide bonds. The minimum atomic E-state index is -0.0254. The quantitative estimate of drug-likeness (QED) is 0.839. The van der Waals surface area contributed by atoms with Crippen LogP contribution in [0.1, 0.15) is 48.5 Å². The molecule has 2 aromatic rings. The summed E-state index contributed by atoms with van der Waals surface area (Å²) in [6.45, 7) is 5.01. The molecule has 0 spiro atoms. The molecule has 1 heterocycles. The monoisotopic (exact) mass is 352 g/mol. The number of aryl methyl sites for hydroxylation is 1. The second kappa shape index (κ2) is 8.84. The maximum Gasteiger partial charge on any atom is 0.251 e. The van der Waals surface area contributed by atoms with Gasteiger partial charge in [0.1, 0.15) is 5.75 Å². The predicted molar refractivity (Wildman–Crippen MR) is 103 cm³/mol. The topological polar surface area (TPSA) is 51.2 Å². The van der Waals surface area contributed by atoms with E-state index >= 15 is 0 Å². The molecule has 0 bridgehead atoms. The highest BCUT2D eigenvalue weighted by atomic mass is 16.5. The summed E-state index contributed by atoms with van der Waals surface area (Å²) < 4.78 is 6.22. The highest BCUT2D eigenvalue weighted by Gasteiger charge is 2.27. The van der Waals surface area contributed by atoms with Gasteiger partial charge in [0.15, 0.2) is 0 Å². The van der Waals surface area contributed by atoms with Gasteiger partial charge in [0.05, 0.1) is 6.10 Å². The van der Waals surface area contributed by atoms with Crippen molar-refractivity contribution in [1.82, 2.24) is 10.3 Å². The third-order valence-electron chi connectivity index (χ3n) is 5.29. The molecule has 138 valence electrons. The fourth-order valence-electron chi connectivity index (χ4n) is 3.71. The molecule has 1 aliphatic rings. The van der Waals surface area contributed by atoms with Crippen LogP contribution in [0.3, 0.4) is 0 Å². The molecule has 26 heavy (non-hydrogen) atoms. The second-order valence-corrected chi connectivity index (χ2v) is 7.41. The molecule has 0 radical (unpaired) electrons. The summed E-state index contributed by atoms with van der Waals surface area (Å²) in [5.41, 5.74) is 1.89. The van der Waals surface area contributed by atoms with Crippen LogP contribution in [0.4, 0.5) is 0 Å². The summed E-state index contributed by atoms with van der Waals surface area (Å²) in [6, 6.07) is 11.8. The van der Waals surface area contributed by atoms with Gasteiger partial charge in [-0.2, -0.15) is 0 Å². The van der Waals surface area contributed by atoms with E-state index < -0.39 is 0 Å². The van der Waals surface area contributed by atoms with Crippen LogP contribution in [0.5, 0.6) is 5.75 Å². The van der Waals surface area contributed by atoms with Crippen molar-refractivity contribution in [3.8, 4) is 5.75 Å². The van der Waals surface area contributed by atoms with Crippen molar-refractivity contribution in [3.63, 3.8) is 0 Å². The van der Waals surface area contributed by atoms with Crippen molar-refractivity contribution < 1.29 is 9.53 Å². The van der Waals surface area contributed by atoms with Gasteiger partial charge in [0.25, 0.3) is 5.91 Å². The first-order valence-corrected chi connectivity index (χ1v) is 9.53. The van der Waals surface area contributed by atoms with Gasteiger partial charge in [0.2, 0.25) is 0 Å². The molecular formula is C22H28N2O2. The third-order valence-corrected chi connectivity index (χ3v) is 5.29. The molecule has 1 fully saturated rings. The smallest absolute Gasteiger partial charge is 0.251 e. The fourth-order valence-corrected chi connectivity index (χ4v) is 3.71. The standard InChI is InChI=1S/C22H28N2O2/c1-16-5-3-7-20(13-16)26-21-8-4-6-19(14-21)17(2)15-24-22(25)18-9-11-23-12-10-18/h3,5,7,9-13,17,19,21H,4,6,8,14-15H2,1-2H3,(H,24,25)/t17?,19-,21+/m0/s1. The van der Waals surface area contributed by atoms with Crippen LogP contribution < -0.4 is 10.1 Å². The molecule has 3 rings (SSSR count). The molecule has 4 nitrogen and oxygen atoms in total. The summed E-state index contributed by atoms with van der Waals surface area (Å²) in [5, 5.41) is 3.06. The lowest BCUT2D eigenvalue weighted by Crippen LogP contribution is -2.35. The van der Waals surface area contributed by atoms with Crippen molar-refractivity contribution in [3.05, 3.63) is 59.9 Å². The molecule has 1 aromatic heterocycles. The van der Waals surface area contributed by atoms with Gasteiger partial charge in [0, 0.05) is 24.5 Å². The molecule has 1 unspecified atom stereocenters. The van der Waals surface area contributed by atoms with E-state index in [4.69, 9.17) is 4.74 Å². The maximum absolute atomic E-state index is 12.2. The van der Waals surface area contributed by atoms with E-state index in [1.54, 1.807) is 24.5 Å². The van der Waals surface area contributed by atoms with Crippen LogP contribution in [-0.4, -0.2) is 23.5 Å². The van der Waals surface area contributed by atoms with E-state index in [0.29, 0.717) is 23.9 Å². The molecule has 1 N–H and O–H groups in total. The Hall–Kier alpha value is -2.36. The van der Waals surface area contributed by atoms with Gasteiger partial charge >= 0.3 is 0 Å². The number of hydrogen-bond acceptors (Lipinski definition) is 3. The number of ether oxygens (including phenoxy) is 1. The lowest BCUT2D eigenvalue weighted by atomic mass is 9.79. The van der Waals surface area contributed by atoms with Crippen LogP contribution in [-0.2, 0) is 0 Å². The van der Waals surface area contributed by atoms with Crippen molar-refractivity contribution >= 4 is 5.91 Å². The third kappa shape index (κ3) is 5.07. The number of benzene rings is 1. The normalized spacial score (nSPS) is 21.0. The Morgan fingerprint density at radius 2 is 2.08 bits per heavy atom. The first-order chi connectivity index (χ1) is 12.6. The summed E-state index contributed by atoms with van der Waals surface area (Å²) in [4.78, 5) is 16.2. The zero-order chi connectivity index (χ0) is 18.4. The van der Waals surface area contributed by atoms with Gasteiger partial charge in [-0.15, -0.1) is 0 Å². The summed E-state index contributed by atoms with van der Waals surface area (Å²) in [7, 11) is 0. The molecular weight excluding hydrogens is 324 g/mol. The highest BCUT2D eigenvalue weighted by molar-refractivity contribution is 5.93. The Bertz CT molecular complexity index is 717. The van der Waals surface area contributed by atoms with E-state index in [9.17, 15) is 4.79 Å². The second-order valence-electron chi connectivity index (χ2n) is 7.41. The van der Waals surface area contributed by atoms with E-state index in [-0.39, 0.29) is 12.0 Å². The summed E-state index contributed by atoms with van der Waals surface area (Å²) >= 11 is 0. The number of hydrogen-bond donors (Lipinski definition) is 1.